The van der Waals surface area contributed by atoms with Gasteiger partial charge in [-0.25, -0.2) is 4.79 Å². The minimum Gasteiger partial charge on any atom is -0.494 e. The van der Waals surface area contributed by atoms with E-state index < -0.39 is 0 Å². The molecule has 1 aliphatic rings. The van der Waals surface area contributed by atoms with Gasteiger partial charge in [-0.2, -0.15) is 0 Å². The maximum atomic E-state index is 12.6. The molecule has 0 atom stereocenters. The Morgan fingerprint density at radius 3 is 2.02 bits per heavy atom. The normalized spacial score (nSPS) is 12.6. The Balaban J connectivity index is 1.13. The molecule has 0 spiro atoms. The van der Waals surface area contributed by atoms with Crippen LogP contribution in [0.25, 0.3) is 5.57 Å². The van der Waals surface area contributed by atoms with Crippen molar-refractivity contribution < 1.29 is 14.3 Å². The first-order valence-electron chi connectivity index (χ1n) is 15.3. The lowest BCUT2D eigenvalue weighted by atomic mass is 10.1. The molecule has 0 saturated heterocycles. The van der Waals surface area contributed by atoms with Crippen molar-refractivity contribution in [1.82, 2.24) is 0 Å². The lowest BCUT2D eigenvalue weighted by molar-refractivity contribution is 0.0734. The van der Waals surface area contributed by atoms with Gasteiger partial charge in [0.1, 0.15) is 11.5 Å². The minimum absolute atomic E-state index is 0.389. The van der Waals surface area contributed by atoms with Crippen molar-refractivity contribution in [1.29, 1.82) is 0 Å². The third kappa shape index (κ3) is 10.5. The summed E-state index contributed by atoms with van der Waals surface area (Å²) in [7, 11) is 0. The molecule has 0 aromatic heterocycles. The van der Waals surface area contributed by atoms with Crippen LogP contribution in [0, 0.1) is 0 Å². The number of aliphatic imine (C=N–C) groups is 1. The summed E-state index contributed by atoms with van der Waals surface area (Å²) in [6.07, 6.45) is 22.2. The number of esters is 1. The molecule has 4 nitrogen and oxygen atoms in total. The molecule has 0 aliphatic heterocycles. The summed E-state index contributed by atoms with van der Waals surface area (Å²) < 4.78 is 11.4. The smallest absolute Gasteiger partial charge is 0.343 e. The van der Waals surface area contributed by atoms with E-state index in [2.05, 4.69) is 42.3 Å². The Labute approximate surface area is 245 Å². The lowest BCUT2D eigenvalue weighted by Crippen LogP contribution is -2.08. The fourth-order valence-corrected chi connectivity index (χ4v) is 4.83. The molecule has 4 rings (SSSR count). The van der Waals surface area contributed by atoms with Crippen LogP contribution in [0.5, 0.6) is 11.5 Å². The van der Waals surface area contributed by atoms with Crippen molar-refractivity contribution in [2.75, 3.05) is 6.61 Å². The Morgan fingerprint density at radius 1 is 0.756 bits per heavy atom. The average molecular weight is 550 g/mol. The zero-order valence-electron chi connectivity index (χ0n) is 24.4. The van der Waals surface area contributed by atoms with Gasteiger partial charge in [0.25, 0.3) is 0 Å². The predicted octanol–water partition coefficient (Wildman–Crippen LogP) is 10.3. The maximum absolute atomic E-state index is 12.6. The molecule has 0 N–H and O–H groups in total. The van der Waals surface area contributed by atoms with E-state index in [9.17, 15) is 4.79 Å². The van der Waals surface area contributed by atoms with E-state index in [1.54, 1.807) is 24.3 Å². The SMILES string of the molecule is CCCCCCCCCCCCOc1ccc(C(=O)Oc2ccc(C=Nc3ccc(C4=CC=CC4)cc3)cc2)cc1. The molecular weight excluding hydrogens is 506 g/mol. The van der Waals surface area contributed by atoms with E-state index in [4.69, 9.17) is 9.47 Å². The first-order valence-corrected chi connectivity index (χ1v) is 15.3. The van der Waals surface area contributed by atoms with Gasteiger partial charge in [-0.15, -0.1) is 0 Å². The van der Waals surface area contributed by atoms with Crippen molar-refractivity contribution in [3.8, 4) is 11.5 Å². The molecule has 1 aliphatic carbocycles. The van der Waals surface area contributed by atoms with E-state index >= 15 is 0 Å². The first-order chi connectivity index (χ1) is 20.2. The molecule has 4 heteroatoms. The number of nitrogens with zero attached hydrogens (tertiary/aromatic N) is 1. The summed E-state index contributed by atoms with van der Waals surface area (Å²) in [6, 6.07) is 22.8. The number of unbranched alkanes of at least 4 members (excludes halogenated alkanes) is 9. The number of benzene rings is 3. The molecule has 0 bridgehead atoms. The van der Waals surface area contributed by atoms with Crippen molar-refractivity contribution in [2.45, 2.75) is 77.6 Å². The second-order valence-corrected chi connectivity index (χ2v) is 10.6. The topological polar surface area (TPSA) is 47.9 Å². The van der Waals surface area contributed by atoms with E-state index in [-0.39, 0.29) is 5.97 Å². The van der Waals surface area contributed by atoms with Crippen molar-refractivity contribution in [3.05, 3.63) is 108 Å². The van der Waals surface area contributed by atoms with Gasteiger partial charge in [0.2, 0.25) is 0 Å². The highest BCUT2D eigenvalue weighted by Crippen LogP contribution is 2.25. The van der Waals surface area contributed by atoms with Crippen LogP contribution in [0.1, 0.15) is 99.0 Å². The second-order valence-electron chi connectivity index (χ2n) is 10.6. The minimum atomic E-state index is -0.389. The molecule has 214 valence electrons. The fourth-order valence-electron chi connectivity index (χ4n) is 4.83. The van der Waals surface area contributed by atoms with Gasteiger partial charge in [0, 0.05) is 6.21 Å². The van der Waals surface area contributed by atoms with Gasteiger partial charge >= 0.3 is 5.97 Å². The van der Waals surface area contributed by atoms with Crippen LogP contribution in [0.4, 0.5) is 5.69 Å². The molecule has 3 aromatic carbocycles. The molecule has 0 radical (unpaired) electrons. The van der Waals surface area contributed by atoms with E-state index in [0.29, 0.717) is 17.9 Å². The van der Waals surface area contributed by atoms with Gasteiger partial charge in [0.15, 0.2) is 0 Å². The number of hydrogen-bond donors (Lipinski definition) is 0. The van der Waals surface area contributed by atoms with Crippen LogP contribution in [-0.4, -0.2) is 18.8 Å². The molecule has 41 heavy (non-hydrogen) atoms. The monoisotopic (exact) mass is 549 g/mol. The predicted molar refractivity (Wildman–Crippen MR) is 171 cm³/mol. The summed E-state index contributed by atoms with van der Waals surface area (Å²) in [4.78, 5) is 17.2. The Morgan fingerprint density at radius 2 is 1.39 bits per heavy atom. The molecule has 0 heterocycles. The van der Waals surface area contributed by atoms with Crippen LogP contribution < -0.4 is 9.47 Å². The van der Waals surface area contributed by atoms with Gasteiger partial charge < -0.3 is 9.47 Å². The van der Waals surface area contributed by atoms with Gasteiger partial charge in [-0.3, -0.25) is 4.99 Å². The maximum Gasteiger partial charge on any atom is 0.343 e. The average Bonchev–Trinajstić information content (AvgIpc) is 3.55. The number of allylic oxidation sites excluding steroid dienone is 4. The summed E-state index contributed by atoms with van der Waals surface area (Å²) >= 11 is 0. The van der Waals surface area contributed by atoms with Gasteiger partial charge in [0.05, 0.1) is 17.9 Å². The van der Waals surface area contributed by atoms with Crippen LogP contribution in [-0.2, 0) is 0 Å². The standard InChI is InChI=1S/C37H43NO3/c1-2-3-4-5-6-7-8-9-10-13-28-40-35-26-20-33(21-27-35)37(39)41-36-24-16-30(17-25-36)29-38-34-22-18-32(19-23-34)31-14-11-12-15-31/h11-12,14,16-27,29H,2-10,13,15,28H2,1H3. The highest BCUT2D eigenvalue weighted by molar-refractivity contribution is 5.91. The summed E-state index contributed by atoms with van der Waals surface area (Å²) in [5.74, 6) is 0.889. The Kier molecular flexibility index (Phi) is 12.5. The third-order valence-corrected chi connectivity index (χ3v) is 7.32. The summed E-state index contributed by atoms with van der Waals surface area (Å²) in [5, 5.41) is 0. The van der Waals surface area contributed by atoms with E-state index in [0.717, 1.165) is 29.8 Å². The quantitative estimate of drug-likeness (QED) is 0.0728. The Bertz CT molecular complexity index is 1290. The second kappa shape index (κ2) is 17.0. The summed E-state index contributed by atoms with van der Waals surface area (Å²) in [6.45, 7) is 2.97. The molecule has 0 amide bonds. The van der Waals surface area contributed by atoms with E-state index in [1.165, 1.54) is 68.9 Å². The highest BCUT2D eigenvalue weighted by atomic mass is 16.5. The van der Waals surface area contributed by atoms with Crippen LogP contribution in [0.15, 0.2) is 96.0 Å². The zero-order valence-corrected chi connectivity index (χ0v) is 24.4. The lowest BCUT2D eigenvalue weighted by Gasteiger charge is -2.08. The number of carbonyl (C=O) groups is 1. The van der Waals surface area contributed by atoms with Crippen LogP contribution in [0.2, 0.25) is 0 Å². The third-order valence-electron chi connectivity index (χ3n) is 7.32. The largest absolute Gasteiger partial charge is 0.494 e. The summed E-state index contributed by atoms with van der Waals surface area (Å²) in [5.41, 5.74) is 4.88. The number of carbonyl (C=O) groups excluding carboxylic acids is 1. The number of ether oxygens (including phenoxy) is 2. The molecule has 0 fully saturated rings. The molecule has 0 saturated carbocycles. The molecule has 3 aromatic rings. The van der Waals surface area contributed by atoms with Crippen molar-refractivity contribution >= 4 is 23.4 Å². The molecule has 0 unspecified atom stereocenters. The highest BCUT2D eigenvalue weighted by Gasteiger charge is 2.09. The van der Waals surface area contributed by atoms with Crippen molar-refractivity contribution in [3.63, 3.8) is 0 Å². The molecular formula is C37H43NO3. The van der Waals surface area contributed by atoms with Crippen molar-refractivity contribution in [2.24, 2.45) is 4.99 Å². The Hall–Kier alpha value is -3.92. The fraction of sp³-hybridized carbons (Fsp3) is 0.351. The van der Waals surface area contributed by atoms with E-state index in [1.807, 2.05) is 42.6 Å². The number of rotatable bonds is 17. The zero-order chi connectivity index (χ0) is 28.5. The first kappa shape index (κ1) is 30.0. The number of hydrogen-bond acceptors (Lipinski definition) is 4. The van der Waals surface area contributed by atoms with Crippen LogP contribution in [0.3, 0.4) is 0 Å². The van der Waals surface area contributed by atoms with Gasteiger partial charge in [-0.1, -0.05) is 95.1 Å². The van der Waals surface area contributed by atoms with Crippen LogP contribution >= 0.6 is 0 Å². The van der Waals surface area contributed by atoms with Gasteiger partial charge in [-0.05, 0) is 90.2 Å².